The molecule has 1 saturated carbocycles. The Bertz CT molecular complexity index is 477. The van der Waals surface area contributed by atoms with Crippen molar-refractivity contribution >= 4 is 10.0 Å². The molecule has 1 fully saturated rings. The lowest BCUT2D eigenvalue weighted by Gasteiger charge is -2.16. The van der Waals surface area contributed by atoms with Crippen LogP contribution in [-0.2, 0) is 10.0 Å². The van der Waals surface area contributed by atoms with E-state index in [1.807, 2.05) is 6.92 Å². The van der Waals surface area contributed by atoms with Gasteiger partial charge in [0.15, 0.2) is 0 Å². The van der Waals surface area contributed by atoms with Gasteiger partial charge in [-0.3, -0.25) is 5.10 Å². The molecule has 1 unspecified atom stereocenters. The van der Waals surface area contributed by atoms with E-state index < -0.39 is 10.0 Å². The molecule has 2 rings (SSSR count). The maximum Gasteiger partial charge on any atom is 0.244 e. The first kappa shape index (κ1) is 12.6. The molecule has 0 aliphatic heterocycles. The Morgan fingerprint density at radius 2 is 2.29 bits per heavy atom. The molecule has 0 spiro atoms. The summed E-state index contributed by atoms with van der Waals surface area (Å²) in [6, 6.07) is 0.0433. The van der Waals surface area contributed by atoms with Crippen LogP contribution >= 0.6 is 0 Å². The molecule has 1 aliphatic rings. The van der Waals surface area contributed by atoms with E-state index in [2.05, 4.69) is 14.9 Å². The normalized spacial score (nSPS) is 18.2. The molecular weight excluding hydrogens is 238 g/mol. The van der Waals surface area contributed by atoms with Gasteiger partial charge in [0, 0.05) is 6.04 Å². The number of aryl methyl sites for hydroxylation is 1. The SMILES string of the molecule is CCC(CC1CC1)NS(=O)(=O)c1cn[nH]c1C. The van der Waals surface area contributed by atoms with Gasteiger partial charge in [0.25, 0.3) is 0 Å². The molecule has 1 aromatic rings. The Labute approximate surface area is 102 Å². The van der Waals surface area contributed by atoms with Gasteiger partial charge in [0.2, 0.25) is 10.0 Å². The average Bonchev–Trinajstić information content (AvgIpc) is 2.96. The Morgan fingerprint density at radius 3 is 2.76 bits per heavy atom. The fourth-order valence-electron chi connectivity index (χ4n) is 1.95. The van der Waals surface area contributed by atoms with Crippen LogP contribution in [0.3, 0.4) is 0 Å². The minimum Gasteiger partial charge on any atom is -0.281 e. The van der Waals surface area contributed by atoms with E-state index in [1.165, 1.54) is 19.0 Å². The summed E-state index contributed by atoms with van der Waals surface area (Å²) >= 11 is 0. The van der Waals surface area contributed by atoms with Crippen LogP contribution in [0.2, 0.25) is 0 Å². The molecule has 0 amide bonds. The molecule has 0 bridgehead atoms. The van der Waals surface area contributed by atoms with E-state index in [1.54, 1.807) is 6.92 Å². The smallest absolute Gasteiger partial charge is 0.244 e. The van der Waals surface area contributed by atoms with Crippen molar-refractivity contribution in [1.82, 2.24) is 14.9 Å². The number of hydrogen-bond acceptors (Lipinski definition) is 3. The lowest BCUT2D eigenvalue weighted by Crippen LogP contribution is -2.34. The molecule has 0 saturated heterocycles. The van der Waals surface area contributed by atoms with Gasteiger partial charge in [0.05, 0.1) is 11.9 Å². The molecule has 6 heteroatoms. The van der Waals surface area contributed by atoms with Crippen LogP contribution in [0.15, 0.2) is 11.1 Å². The van der Waals surface area contributed by atoms with Crippen LogP contribution in [-0.4, -0.2) is 24.7 Å². The predicted octanol–water partition coefficient (Wildman–Crippen LogP) is 1.58. The van der Waals surface area contributed by atoms with Crippen molar-refractivity contribution in [2.24, 2.45) is 5.92 Å². The van der Waals surface area contributed by atoms with E-state index in [0.29, 0.717) is 11.6 Å². The number of aromatic amines is 1. The van der Waals surface area contributed by atoms with Gasteiger partial charge in [-0.1, -0.05) is 19.8 Å². The maximum absolute atomic E-state index is 12.1. The minimum absolute atomic E-state index is 0.0433. The molecule has 17 heavy (non-hydrogen) atoms. The van der Waals surface area contributed by atoms with Gasteiger partial charge in [0.1, 0.15) is 4.90 Å². The largest absolute Gasteiger partial charge is 0.281 e. The topological polar surface area (TPSA) is 74.8 Å². The first-order valence-corrected chi connectivity index (χ1v) is 7.53. The predicted molar refractivity (Wildman–Crippen MR) is 65.1 cm³/mol. The highest BCUT2D eigenvalue weighted by Gasteiger charge is 2.28. The second-order valence-corrected chi connectivity index (χ2v) is 6.45. The van der Waals surface area contributed by atoms with Gasteiger partial charge in [-0.05, 0) is 25.7 Å². The van der Waals surface area contributed by atoms with Crippen LogP contribution in [0.25, 0.3) is 0 Å². The molecule has 96 valence electrons. The number of sulfonamides is 1. The van der Waals surface area contributed by atoms with E-state index >= 15 is 0 Å². The monoisotopic (exact) mass is 257 g/mol. The van der Waals surface area contributed by atoms with E-state index in [0.717, 1.165) is 12.8 Å². The number of hydrogen-bond donors (Lipinski definition) is 2. The fourth-order valence-corrected chi connectivity index (χ4v) is 3.42. The number of rotatable bonds is 6. The Balaban J connectivity index is 2.07. The summed E-state index contributed by atoms with van der Waals surface area (Å²) in [5.74, 6) is 0.716. The Morgan fingerprint density at radius 1 is 1.59 bits per heavy atom. The van der Waals surface area contributed by atoms with Gasteiger partial charge in [-0.2, -0.15) is 5.10 Å². The highest BCUT2D eigenvalue weighted by molar-refractivity contribution is 7.89. The zero-order valence-corrected chi connectivity index (χ0v) is 11.0. The van der Waals surface area contributed by atoms with Gasteiger partial charge in [-0.25, -0.2) is 13.1 Å². The highest BCUT2D eigenvalue weighted by Crippen LogP contribution is 2.34. The van der Waals surface area contributed by atoms with Gasteiger partial charge < -0.3 is 0 Å². The van der Waals surface area contributed by atoms with Crippen LogP contribution in [0.5, 0.6) is 0 Å². The van der Waals surface area contributed by atoms with Crippen molar-refractivity contribution < 1.29 is 8.42 Å². The Hall–Kier alpha value is -0.880. The first-order valence-electron chi connectivity index (χ1n) is 6.05. The lowest BCUT2D eigenvalue weighted by molar-refractivity contribution is 0.495. The summed E-state index contributed by atoms with van der Waals surface area (Å²) < 4.78 is 27.0. The highest BCUT2D eigenvalue weighted by atomic mass is 32.2. The number of nitrogens with zero attached hydrogens (tertiary/aromatic N) is 1. The van der Waals surface area contributed by atoms with Crippen molar-refractivity contribution in [3.05, 3.63) is 11.9 Å². The number of nitrogens with one attached hydrogen (secondary N) is 2. The zero-order chi connectivity index (χ0) is 12.5. The molecular formula is C11H19N3O2S. The van der Waals surface area contributed by atoms with Crippen molar-refractivity contribution in [2.45, 2.75) is 50.5 Å². The summed E-state index contributed by atoms with van der Waals surface area (Å²) in [4.78, 5) is 0.256. The number of aromatic nitrogens is 2. The van der Waals surface area contributed by atoms with E-state index in [-0.39, 0.29) is 10.9 Å². The molecule has 2 N–H and O–H groups in total. The molecule has 1 heterocycles. The summed E-state index contributed by atoms with van der Waals surface area (Å²) in [6.45, 7) is 3.72. The minimum atomic E-state index is -3.42. The van der Waals surface area contributed by atoms with Crippen LogP contribution in [0, 0.1) is 12.8 Å². The Kier molecular flexibility index (Phi) is 3.53. The van der Waals surface area contributed by atoms with Crippen molar-refractivity contribution in [2.75, 3.05) is 0 Å². The average molecular weight is 257 g/mol. The van der Waals surface area contributed by atoms with E-state index in [9.17, 15) is 8.42 Å². The van der Waals surface area contributed by atoms with Crippen LogP contribution < -0.4 is 4.72 Å². The molecule has 1 aliphatic carbocycles. The van der Waals surface area contributed by atoms with E-state index in [4.69, 9.17) is 0 Å². The third-order valence-corrected chi connectivity index (χ3v) is 4.84. The maximum atomic E-state index is 12.1. The summed E-state index contributed by atoms with van der Waals surface area (Å²) in [7, 11) is -3.42. The zero-order valence-electron chi connectivity index (χ0n) is 10.2. The second kappa shape index (κ2) is 4.78. The summed E-state index contributed by atoms with van der Waals surface area (Å²) in [5.41, 5.74) is 0.582. The van der Waals surface area contributed by atoms with Crippen molar-refractivity contribution in [3.63, 3.8) is 0 Å². The van der Waals surface area contributed by atoms with Gasteiger partial charge >= 0.3 is 0 Å². The van der Waals surface area contributed by atoms with Crippen molar-refractivity contribution in [3.8, 4) is 0 Å². The first-order chi connectivity index (χ1) is 8.03. The van der Waals surface area contributed by atoms with Gasteiger partial charge in [-0.15, -0.1) is 0 Å². The third kappa shape index (κ3) is 3.07. The third-order valence-electron chi connectivity index (χ3n) is 3.20. The molecule has 1 aromatic heterocycles. The van der Waals surface area contributed by atoms with Crippen LogP contribution in [0.4, 0.5) is 0 Å². The molecule has 0 aromatic carbocycles. The van der Waals surface area contributed by atoms with Crippen LogP contribution in [0.1, 0.15) is 38.3 Å². The summed E-state index contributed by atoms with van der Waals surface area (Å²) in [5, 5.41) is 6.40. The molecule has 1 atom stereocenters. The van der Waals surface area contributed by atoms with Crippen molar-refractivity contribution in [1.29, 1.82) is 0 Å². The quantitative estimate of drug-likeness (QED) is 0.812. The fraction of sp³-hybridized carbons (Fsp3) is 0.727. The molecule has 0 radical (unpaired) electrons. The molecule has 5 nitrogen and oxygen atoms in total. The lowest BCUT2D eigenvalue weighted by atomic mass is 10.1. The standard InChI is InChI=1S/C11H19N3O2S/c1-3-10(6-9-4-5-9)14-17(15,16)11-7-12-13-8(11)2/h7,9-10,14H,3-6H2,1-2H3,(H,12,13). The summed E-state index contributed by atoms with van der Waals surface area (Å²) in [6.07, 6.45) is 5.62. The number of H-pyrrole nitrogens is 1. The second-order valence-electron chi connectivity index (χ2n) is 4.76.